The van der Waals surface area contributed by atoms with Crippen molar-refractivity contribution in [2.45, 2.75) is 23.7 Å². The molecule has 0 saturated carbocycles. The van der Waals surface area contributed by atoms with Crippen LogP contribution in [0.2, 0.25) is 0 Å². The molecular weight excluding hydrogens is 545 g/mol. The van der Waals surface area contributed by atoms with E-state index in [0.717, 1.165) is 30.2 Å². The van der Waals surface area contributed by atoms with Gasteiger partial charge in [-0.25, -0.2) is 8.42 Å². The van der Waals surface area contributed by atoms with Crippen molar-refractivity contribution in [2.24, 2.45) is 4.99 Å². The monoisotopic (exact) mass is 568 g/mol. The molecule has 0 spiro atoms. The zero-order chi connectivity index (χ0) is 27.8. The minimum atomic E-state index is -4.75. The van der Waals surface area contributed by atoms with Crippen molar-refractivity contribution in [3.63, 3.8) is 0 Å². The summed E-state index contributed by atoms with van der Waals surface area (Å²) in [6, 6.07) is 8.01. The number of thioether (sulfide) groups is 1. The second kappa shape index (κ2) is 10.5. The Morgan fingerprint density at radius 2 is 1.95 bits per heavy atom. The van der Waals surface area contributed by atoms with E-state index in [-0.39, 0.29) is 18.7 Å². The van der Waals surface area contributed by atoms with E-state index >= 15 is 0 Å². The molecule has 1 aliphatic rings. The fourth-order valence-electron chi connectivity index (χ4n) is 3.84. The maximum absolute atomic E-state index is 13.7. The standard InChI is InChI=1S/C24H23F3N4O5S2/c1-30(12-17(33)13-32)23-29-22(34)21(37-23)8-14-3-6-20-16(7-14)10-28-31(20)11-15-4-5-18(38(2,35)36)9-19(15)24(25,26)27/h3-10,17,32-33H,11-13H2,1-2H3/b21-8-. The van der Waals surface area contributed by atoms with Gasteiger partial charge in [-0.05, 0) is 53.2 Å². The van der Waals surface area contributed by atoms with E-state index in [1.807, 2.05) is 0 Å². The normalized spacial score (nSPS) is 16.3. The molecule has 0 bridgehead atoms. The Bertz CT molecular complexity index is 1560. The van der Waals surface area contributed by atoms with Crippen LogP contribution in [0, 0.1) is 0 Å². The number of carbonyl (C=O) groups excluding carboxylic acids is 1. The van der Waals surface area contributed by atoms with Gasteiger partial charge in [0.25, 0.3) is 5.91 Å². The number of carbonyl (C=O) groups is 1. The van der Waals surface area contributed by atoms with Gasteiger partial charge in [-0.15, -0.1) is 0 Å². The van der Waals surface area contributed by atoms with Crippen molar-refractivity contribution in [3.05, 3.63) is 64.2 Å². The van der Waals surface area contributed by atoms with Crippen LogP contribution in [0.5, 0.6) is 0 Å². The van der Waals surface area contributed by atoms with Crippen LogP contribution in [-0.2, 0) is 27.4 Å². The fourth-order valence-corrected chi connectivity index (χ4v) is 5.37. The molecule has 0 saturated heterocycles. The minimum Gasteiger partial charge on any atom is -0.394 e. The van der Waals surface area contributed by atoms with Crippen LogP contribution in [-0.4, -0.2) is 76.9 Å². The predicted molar refractivity (Wildman–Crippen MR) is 137 cm³/mol. The van der Waals surface area contributed by atoms with Gasteiger partial charge in [-0.2, -0.15) is 23.3 Å². The molecule has 2 aromatic carbocycles. The lowest BCUT2D eigenvalue weighted by Crippen LogP contribution is -2.33. The van der Waals surface area contributed by atoms with E-state index in [1.165, 1.54) is 10.9 Å². The summed E-state index contributed by atoms with van der Waals surface area (Å²) >= 11 is 1.12. The van der Waals surface area contributed by atoms with E-state index in [1.54, 1.807) is 36.2 Å². The molecule has 202 valence electrons. The lowest BCUT2D eigenvalue weighted by molar-refractivity contribution is -0.138. The second-order valence-electron chi connectivity index (χ2n) is 8.74. The lowest BCUT2D eigenvalue weighted by atomic mass is 10.1. The number of fused-ring (bicyclic) bond motifs is 1. The van der Waals surface area contributed by atoms with Crippen LogP contribution in [0.25, 0.3) is 17.0 Å². The third kappa shape index (κ3) is 6.09. The van der Waals surface area contributed by atoms with Gasteiger partial charge < -0.3 is 15.1 Å². The third-order valence-corrected chi connectivity index (χ3v) is 7.94. The highest BCUT2D eigenvalue weighted by atomic mass is 32.2. The van der Waals surface area contributed by atoms with E-state index < -0.39 is 45.1 Å². The molecule has 3 aromatic rings. The predicted octanol–water partition coefficient (Wildman–Crippen LogP) is 2.76. The summed E-state index contributed by atoms with van der Waals surface area (Å²) in [5, 5.41) is 23.8. The number of hydrogen-bond acceptors (Lipinski definition) is 8. The van der Waals surface area contributed by atoms with Gasteiger partial charge in [0, 0.05) is 25.2 Å². The van der Waals surface area contributed by atoms with Crippen molar-refractivity contribution >= 4 is 49.7 Å². The molecule has 9 nitrogen and oxygen atoms in total. The molecule has 2 heterocycles. The van der Waals surface area contributed by atoms with Crippen molar-refractivity contribution in [3.8, 4) is 0 Å². The first-order valence-electron chi connectivity index (χ1n) is 11.1. The van der Waals surface area contributed by atoms with Crippen LogP contribution in [0.4, 0.5) is 13.2 Å². The molecule has 1 aromatic heterocycles. The number of benzene rings is 2. The highest BCUT2D eigenvalue weighted by molar-refractivity contribution is 8.18. The summed E-state index contributed by atoms with van der Waals surface area (Å²) in [6.07, 6.45) is -1.77. The Hall–Kier alpha value is -3.20. The highest BCUT2D eigenvalue weighted by Gasteiger charge is 2.34. The molecule has 14 heteroatoms. The first kappa shape index (κ1) is 27.8. The van der Waals surface area contributed by atoms with Crippen LogP contribution in [0.3, 0.4) is 0 Å². The van der Waals surface area contributed by atoms with Crippen LogP contribution < -0.4 is 0 Å². The number of aromatic nitrogens is 2. The van der Waals surface area contributed by atoms with Crippen molar-refractivity contribution in [1.82, 2.24) is 14.7 Å². The number of aliphatic hydroxyl groups is 2. The minimum absolute atomic E-state index is 0.0983. The van der Waals surface area contributed by atoms with Gasteiger partial charge in [0.05, 0.1) is 46.3 Å². The Kier molecular flexibility index (Phi) is 7.70. The average molecular weight is 569 g/mol. The number of aliphatic imine (C=N–C) groups is 1. The smallest absolute Gasteiger partial charge is 0.394 e. The zero-order valence-electron chi connectivity index (χ0n) is 20.2. The Morgan fingerprint density at radius 3 is 2.61 bits per heavy atom. The summed E-state index contributed by atoms with van der Waals surface area (Å²) in [5.74, 6) is -0.455. The topological polar surface area (TPSA) is 125 Å². The largest absolute Gasteiger partial charge is 0.416 e. The number of halogens is 3. The molecule has 1 aliphatic heterocycles. The number of sulfone groups is 1. The van der Waals surface area contributed by atoms with E-state index in [4.69, 9.17) is 5.11 Å². The van der Waals surface area contributed by atoms with Gasteiger partial charge in [0.2, 0.25) is 0 Å². The number of likely N-dealkylation sites (N-methyl/N-ethyl adjacent to an activating group) is 1. The number of amides is 1. The summed E-state index contributed by atoms with van der Waals surface area (Å²) in [5.41, 5.74) is 0.0204. The summed E-state index contributed by atoms with van der Waals surface area (Å²) in [4.78, 5) is 17.8. The van der Waals surface area contributed by atoms with Crippen molar-refractivity contribution in [1.29, 1.82) is 0 Å². The maximum atomic E-state index is 13.7. The number of alkyl halides is 3. The Balaban J connectivity index is 1.58. The number of amidine groups is 1. The van der Waals surface area contributed by atoms with Crippen LogP contribution in [0.1, 0.15) is 16.7 Å². The molecule has 0 fully saturated rings. The molecule has 38 heavy (non-hydrogen) atoms. The van der Waals surface area contributed by atoms with Gasteiger partial charge in [0.1, 0.15) is 0 Å². The van der Waals surface area contributed by atoms with Crippen molar-refractivity contribution < 1.29 is 36.6 Å². The first-order valence-corrected chi connectivity index (χ1v) is 13.9. The van der Waals surface area contributed by atoms with Crippen molar-refractivity contribution in [2.75, 3.05) is 26.5 Å². The summed E-state index contributed by atoms with van der Waals surface area (Å²) in [6.45, 7) is -0.558. The fraction of sp³-hybridized carbons (Fsp3) is 0.292. The number of hydrogen-bond donors (Lipinski definition) is 2. The quantitative estimate of drug-likeness (QED) is 0.417. The maximum Gasteiger partial charge on any atom is 0.416 e. The first-order chi connectivity index (χ1) is 17.8. The SMILES string of the molecule is CN(CC(O)CO)C1=NC(=O)/C(=C/c2ccc3c(cnn3Cc3ccc(S(C)(=O)=O)cc3C(F)(F)F)c2)S1. The molecular formula is C24H23F3N4O5S2. The van der Waals surface area contributed by atoms with Gasteiger partial charge in [0.15, 0.2) is 15.0 Å². The van der Waals surface area contributed by atoms with Gasteiger partial charge in [-0.3, -0.25) is 9.48 Å². The molecule has 4 rings (SSSR count). The van der Waals surface area contributed by atoms with Crippen LogP contribution in [0.15, 0.2) is 57.4 Å². The third-order valence-electron chi connectivity index (χ3n) is 5.73. The van der Waals surface area contributed by atoms with E-state index in [9.17, 15) is 31.5 Å². The van der Waals surface area contributed by atoms with Gasteiger partial charge >= 0.3 is 6.18 Å². The number of nitrogens with zero attached hydrogens (tertiary/aromatic N) is 4. The zero-order valence-corrected chi connectivity index (χ0v) is 21.8. The van der Waals surface area contributed by atoms with E-state index in [0.29, 0.717) is 32.6 Å². The Morgan fingerprint density at radius 1 is 1.21 bits per heavy atom. The van der Waals surface area contributed by atoms with Crippen LogP contribution >= 0.6 is 11.8 Å². The number of aliphatic hydroxyl groups excluding tert-OH is 2. The molecule has 2 N–H and O–H groups in total. The summed E-state index contributed by atoms with van der Waals surface area (Å²) < 4.78 is 66.0. The molecule has 1 unspecified atom stereocenters. The molecule has 1 atom stereocenters. The average Bonchev–Trinajstić information content (AvgIpc) is 3.40. The van der Waals surface area contributed by atoms with E-state index in [2.05, 4.69) is 10.1 Å². The lowest BCUT2D eigenvalue weighted by Gasteiger charge is -2.19. The number of rotatable bonds is 7. The Labute approximate surface area is 220 Å². The second-order valence-corrected chi connectivity index (χ2v) is 11.8. The highest BCUT2D eigenvalue weighted by Crippen LogP contribution is 2.35. The molecule has 1 amide bonds. The molecule has 0 aliphatic carbocycles. The summed E-state index contributed by atoms with van der Waals surface area (Å²) in [7, 11) is -2.18. The molecule has 0 radical (unpaired) electrons. The van der Waals surface area contributed by atoms with Gasteiger partial charge in [-0.1, -0.05) is 12.1 Å².